The summed E-state index contributed by atoms with van der Waals surface area (Å²) >= 11 is 0. The normalized spacial score (nSPS) is 12.4. The molecule has 0 unspecified atom stereocenters. The van der Waals surface area contributed by atoms with Gasteiger partial charge in [-0.25, -0.2) is 0 Å². The molecule has 9 heavy (non-hydrogen) atoms. The molecule has 0 aromatic heterocycles. The average molecular weight is 124 g/mol. The highest BCUT2D eigenvalue weighted by molar-refractivity contribution is 5.77. The molecule has 0 amide bonds. The van der Waals surface area contributed by atoms with Crippen molar-refractivity contribution in [2.45, 2.75) is 20.3 Å². The maximum absolute atomic E-state index is 10.2. The van der Waals surface area contributed by atoms with Gasteiger partial charge in [0, 0.05) is 5.57 Å². The Morgan fingerprint density at radius 3 is 2.56 bits per heavy atom. The summed E-state index contributed by atoms with van der Waals surface area (Å²) in [5.41, 5.74) is 0.764. The lowest BCUT2D eigenvalue weighted by molar-refractivity contribution is -0.104. The third-order valence-electron chi connectivity index (χ3n) is 0.935. The second-order valence-electron chi connectivity index (χ2n) is 1.73. The Morgan fingerprint density at radius 1 is 1.56 bits per heavy atom. The zero-order chi connectivity index (χ0) is 7.11. The molecule has 0 aliphatic carbocycles. The van der Waals surface area contributed by atoms with E-state index in [9.17, 15) is 4.79 Å². The van der Waals surface area contributed by atoms with Gasteiger partial charge in [0.05, 0.1) is 0 Å². The van der Waals surface area contributed by atoms with Gasteiger partial charge in [-0.05, 0) is 13.3 Å². The summed E-state index contributed by atoms with van der Waals surface area (Å²) in [7, 11) is 0. The summed E-state index contributed by atoms with van der Waals surface area (Å²) in [5, 5.41) is 0. The van der Waals surface area contributed by atoms with E-state index < -0.39 is 0 Å². The molecule has 0 aliphatic rings. The van der Waals surface area contributed by atoms with Crippen LogP contribution in [-0.4, -0.2) is 6.29 Å². The largest absolute Gasteiger partial charge is 0.298 e. The van der Waals surface area contributed by atoms with Crippen LogP contribution in [0.25, 0.3) is 0 Å². The van der Waals surface area contributed by atoms with E-state index in [1.807, 2.05) is 26.0 Å². The molecule has 1 nitrogen and oxygen atoms in total. The Balaban J connectivity index is 3.97. The molecule has 0 saturated heterocycles. The summed E-state index contributed by atoms with van der Waals surface area (Å²) < 4.78 is 0. The highest BCUT2D eigenvalue weighted by Crippen LogP contribution is 1.93. The van der Waals surface area contributed by atoms with Crippen molar-refractivity contribution in [3.63, 3.8) is 0 Å². The van der Waals surface area contributed by atoms with Crippen LogP contribution in [0.3, 0.4) is 0 Å². The fourth-order valence-electron chi connectivity index (χ4n) is 0.584. The maximum atomic E-state index is 10.2. The van der Waals surface area contributed by atoms with Crippen LogP contribution < -0.4 is 0 Å². The Morgan fingerprint density at radius 2 is 2.22 bits per heavy atom. The number of aldehydes is 1. The summed E-state index contributed by atoms with van der Waals surface area (Å²) in [6.45, 7) is 3.90. The van der Waals surface area contributed by atoms with E-state index in [1.165, 1.54) is 0 Å². The molecular weight excluding hydrogens is 112 g/mol. The van der Waals surface area contributed by atoms with Crippen molar-refractivity contribution in [2.24, 2.45) is 0 Å². The molecule has 0 aromatic rings. The number of allylic oxidation sites excluding steroid dienone is 4. The van der Waals surface area contributed by atoms with Gasteiger partial charge in [-0.15, -0.1) is 0 Å². The molecule has 1 heteroatoms. The summed E-state index contributed by atoms with van der Waals surface area (Å²) in [6, 6.07) is 0. The third-order valence-corrected chi connectivity index (χ3v) is 0.935. The lowest BCUT2D eigenvalue weighted by atomic mass is 10.2. The zero-order valence-corrected chi connectivity index (χ0v) is 5.92. The first-order valence-corrected chi connectivity index (χ1v) is 3.13. The topological polar surface area (TPSA) is 17.1 Å². The molecule has 0 bridgehead atoms. The van der Waals surface area contributed by atoms with Gasteiger partial charge in [-0.2, -0.15) is 0 Å². The van der Waals surface area contributed by atoms with Crippen molar-refractivity contribution in [1.82, 2.24) is 0 Å². The van der Waals surface area contributed by atoms with E-state index in [0.717, 1.165) is 18.3 Å². The third kappa shape index (κ3) is 3.71. The monoisotopic (exact) mass is 124 g/mol. The van der Waals surface area contributed by atoms with E-state index in [-0.39, 0.29) is 0 Å². The van der Waals surface area contributed by atoms with Gasteiger partial charge in [0.25, 0.3) is 0 Å². The molecule has 0 aliphatic heterocycles. The highest BCUT2D eigenvalue weighted by Gasteiger charge is 1.82. The van der Waals surface area contributed by atoms with Crippen LogP contribution in [0.2, 0.25) is 0 Å². The van der Waals surface area contributed by atoms with Gasteiger partial charge < -0.3 is 0 Å². The molecule has 0 saturated carbocycles. The zero-order valence-electron chi connectivity index (χ0n) is 5.92. The molecule has 0 rings (SSSR count). The van der Waals surface area contributed by atoms with Gasteiger partial charge in [-0.1, -0.05) is 25.2 Å². The Bertz CT molecular complexity index is 132. The van der Waals surface area contributed by atoms with E-state index in [4.69, 9.17) is 0 Å². The van der Waals surface area contributed by atoms with E-state index in [1.54, 1.807) is 6.08 Å². The quantitative estimate of drug-likeness (QED) is 0.320. The Kier molecular flexibility index (Phi) is 4.79. The second kappa shape index (κ2) is 5.29. The van der Waals surface area contributed by atoms with Gasteiger partial charge in [0.2, 0.25) is 0 Å². The van der Waals surface area contributed by atoms with E-state index in [0.29, 0.717) is 0 Å². The van der Waals surface area contributed by atoms with Crippen LogP contribution in [0.5, 0.6) is 0 Å². The standard InChI is InChI=1S/C8H12O/c1-3-5-8(7-9)6-4-2/h3,5-7H,4H2,1-2H3. The number of hydrogen-bond donors (Lipinski definition) is 0. The first kappa shape index (κ1) is 8.15. The molecule has 0 radical (unpaired) electrons. The second-order valence-corrected chi connectivity index (χ2v) is 1.73. The van der Waals surface area contributed by atoms with Gasteiger partial charge in [-0.3, -0.25) is 4.79 Å². The number of carbonyl (C=O) groups excluding carboxylic acids is 1. The van der Waals surface area contributed by atoms with Gasteiger partial charge >= 0.3 is 0 Å². The van der Waals surface area contributed by atoms with Gasteiger partial charge in [0.1, 0.15) is 6.29 Å². The maximum Gasteiger partial charge on any atom is 0.149 e. The Hall–Kier alpha value is -0.850. The molecule has 0 aromatic carbocycles. The molecular formula is C8H12O. The minimum Gasteiger partial charge on any atom is -0.298 e. The number of rotatable bonds is 3. The first-order valence-electron chi connectivity index (χ1n) is 3.13. The molecule has 0 heterocycles. The minimum absolute atomic E-state index is 0.764. The van der Waals surface area contributed by atoms with E-state index >= 15 is 0 Å². The smallest absolute Gasteiger partial charge is 0.149 e. The summed E-state index contributed by atoms with van der Waals surface area (Å²) in [4.78, 5) is 10.2. The van der Waals surface area contributed by atoms with Crippen molar-refractivity contribution in [3.8, 4) is 0 Å². The molecule has 50 valence electrons. The fraction of sp³-hybridized carbons (Fsp3) is 0.375. The lowest BCUT2D eigenvalue weighted by Gasteiger charge is -1.84. The molecule has 0 atom stereocenters. The first-order chi connectivity index (χ1) is 4.35. The average Bonchev–Trinajstić information content (AvgIpc) is 1.88. The van der Waals surface area contributed by atoms with Crippen LogP contribution in [-0.2, 0) is 4.79 Å². The van der Waals surface area contributed by atoms with Crippen LogP contribution in [0, 0.1) is 0 Å². The van der Waals surface area contributed by atoms with Crippen molar-refractivity contribution >= 4 is 6.29 Å². The number of hydrogen-bond acceptors (Lipinski definition) is 1. The molecule has 0 fully saturated rings. The predicted octanol–water partition coefficient (Wildman–Crippen LogP) is 2.10. The summed E-state index contributed by atoms with van der Waals surface area (Å²) in [5.74, 6) is 0. The van der Waals surface area contributed by atoms with Crippen molar-refractivity contribution in [3.05, 3.63) is 23.8 Å². The van der Waals surface area contributed by atoms with Crippen molar-refractivity contribution in [1.29, 1.82) is 0 Å². The van der Waals surface area contributed by atoms with Gasteiger partial charge in [0.15, 0.2) is 0 Å². The predicted molar refractivity (Wildman–Crippen MR) is 39.3 cm³/mol. The van der Waals surface area contributed by atoms with Crippen LogP contribution in [0.4, 0.5) is 0 Å². The highest BCUT2D eigenvalue weighted by atomic mass is 16.1. The van der Waals surface area contributed by atoms with Crippen LogP contribution in [0.15, 0.2) is 23.8 Å². The molecule has 0 spiro atoms. The SMILES string of the molecule is CC=CC(C=O)=CCC. The van der Waals surface area contributed by atoms with Crippen molar-refractivity contribution in [2.75, 3.05) is 0 Å². The van der Waals surface area contributed by atoms with E-state index in [2.05, 4.69) is 0 Å². The van der Waals surface area contributed by atoms with Crippen LogP contribution >= 0.6 is 0 Å². The van der Waals surface area contributed by atoms with Crippen LogP contribution in [0.1, 0.15) is 20.3 Å². The lowest BCUT2D eigenvalue weighted by Crippen LogP contribution is -1.76. The fourth-order valence-corrected chi connectivity index (χ4v) is 0.584. The summed E-state index contributed by atoms with van der Waals surface area (Å²) in [6.07, 6.45) is 7.33. The Labute approximate surface area is 56.1 Å². The number of carbonyl (C=O) groups is 1. The minimum atomic E-state index is 0.764. The van der Waals surface area contributed by atoms with Crippen molar-refractivity contribution < 1.29 is 4.79 Å². The molecule has 0 N–H and O–H groups in total.